The van der Waals surface area contributed by atoms with Crippen molar-refractivity contribution in [3.05, 3.63) is 35.1 Å². The van der Waals surface area contributed by atoms with Crippen molar-refractivity contribution >= 4 is 0 Å². The van der Waals surface area contributed by atoms with Crippen LogP contribution in [0.1, 0.15) is 43.2 Å². The molecule has 1 nitrogen and oxygen atoms in total. The van der Waals surface area contributed by atoms with Crippen LogP contribution in [0.5, 0.6) is 0 Å². The predicted molar refractivity (Wildman–Crippen MR) is 58.1 cm³/mol. The fourth-order valence-corrected chi connectivity index (χ4v) is 2.52. The van der Waals surface area contributed by atoms with Gasteiger partial charge >= 0.3 is 0 Å². The molecular formula is C13H17FO. The van der Waals surface area contributed by atoms with Crippen molar-refractivity contribution in [3.63, 3.8) is 0 Å². The molecular weight excluding hydrogens is 191 g/mol. The Morgan fingerprint density at radius 2 is 1.87 bits per heavy atom. The van der Waals surface area contributed by atoms with Gasteiger partial charge in [0.15, 0.2) is 0 Å². The molecule has 0 spiro atoms. The summed E-state index contributed by atoms with van der Waals surface area (Å²) in [5.74, 6) is -0.216. The third-order valence-electron chi connectivity index (χ3n) is 3.45. The summed E-state index contributed by atoms with van der Waals surface area (Å²) < 4.78 is 13.4. The molecule has 0 aromatic heterocycles. The molecule has 82 valence electrons. The Bertz CT molecular complexity index is 354. The number of benzene rings is 1. The minimum atomic E-state index is -0.787. The molecule has 0 heterocycles. The fourth-order valence-electron chi connectivity index (χ4n) is 2.52. The number of hydrogen-bond donors (Lipinski definition) is 1. The van der Waals surface area contributed by atoms with Gasteiger partial charge in [0, 0.05) is 0 Å². The number of halogens is 1. The molecule has 2 heteroatoms. The van der Waals surface area contributed by atoms with Crippen LogP contribution >= 0.6 is 0 Å². The lowest BCUT2D eigenvalue weighted by Gasteiger charge is -2.33. The monoisotopic (exact) mass is 208 g/mol. The maximum atomic E-state index is 13.4. The van der Waals surface area contributed by atoms with E-state index in [0.717, 1.165) is 31.2 Å². The summed E-state index contributed by atoms with van der Waals surface area (Å²) in [7, 11) is 0. The molecule has 0 bridgehead atoms. The summed E-state index contributed by atoms with van der Waals surface area (Å²) >= 11 is 0. The Morgan fingerprint density at radius 3 is 2.53 bits per heavy atom. The molecule has 0 saturated heterocycles. The smallest absolute Gasteiger partial charge is 0.126 e. The number of aliphatic hydroxyl groups is 1. The lowest BCUT2D eigenvalue weighted by Crippen LogP contribution is -2.29. The molecule has 2 rings (SSSR count). The van der Waals surface area contributed by atoms with Crippen molar-refractivity contribution in [2.24, 2.45) is 0 Å². The third-order valence-corrected chi connectivity index (χ3v) is 3.45. The summed E-state index contributed by atoms with van der Waals surface area (Å²) in [6, 6.07) is 4.99. The molecule has 1 saturated carbocycles. The molecule has 0 unspecified atom stereocenters. The normalized spacial score (nSPS) is 20.2. The summed E-state index contributed by atoms with van der Waals surface area (Å²) in [4.78, 5) is 0. The van der Waals surface area contributed by atoms with Gasteiger partial charge in [0.25, 0.3) is 0 Å². The Labute approximate surface area is 89.9 Å². The van der Waals surface area contributed by atoms with E-state index < -0.39 is 5.60 Å². The first-order valence-electron chi connectivity index (χ1n) is 5.61. The minimum absolute atomic E-state index is 0.216. The Morgan fingerprint density at radius 1 is 1.20 bits per heavy atom. The molecule has 0 aliphatic heterocycles. The molecule has 15 heavy (non-hydrogen) atoms. The van der Waals surface area contributed by atoms with Crippen LogP contribution in [0, 0.1) is 12.7 Å². The molecule has 0 amide bonds. The van der Waals surface area contributed by atoms with Gasteiger partial charge in [0.2, 0.25) is 0 Å². The highest BCUT2D eigenvalue weighted by molar-refractivity contribution is 5.32. The zero-order valence-electron chi connectivity index (χ0n) is 9.09. The largest absolute Gasteiger partial charge is 0.385 e. The van der Waals surface area contributed by atoms with Crippen LogP contribution in [0.4, 0.5) is 4.39 Å². The van der Waals surface area contributed by atoms with Gasteiger partial charge in [-0.05, 0) is 37.0 Å². The molecule has 1 aliphatic carbocycles. The standard InChI is InChI=1S/C13H17FO/c1-10-11(6-5-7-12(10)14)13(15)8-3-2-4-9-13/h5-7,15H,2-4,8-9H2,1H3. The summed E-state index contributed by atoms with van der Waals surface area (Å²) in [6.45, 7) is 1.75. The number of rotatable bonds is 1. The lowest BCUT2D eigenvalue weighted by atomic mass is 9.78. The Balaban J connectivity index is 2.39. The molecule has 1 fully saturated rings. The van der Waals surface area contributed by atoms with E-state index in [1.165, 1.54) is 12.5 Å². The van der Waals surface area contributed by atoms with Crippen molar-refractivity contribution in [1.29, 1.82) is 0 Å². The van der Waals surface area contributed by atoms with E-state index in [4.69, 9.17) is 0 Å². The highest BCUT2D eigenvalue weighted by Crippen LogP contribution is 2.38. The molecule has 1 aromatic rings. The maximum Gasteiger partial charge on any atom is 0.126 e. The molecule has 1 N–H and O–H groups in total. The van der Waals surface area contributed by atoms with Crippen LogP contribution in [-0.4, -0.2) is 5.11 Å². The van der Waals surface area contributed by atoms with Gasteiger partial charge in [-0.15, -0.1) is 0 Å². The van der Waals surface area contributed by atoms with E-state index in [0.29, 0.717) is 5.56 Å². The van der Waals surface area contributed by atoms with Gasteiger partial charge in [-0.2, -0.15) is 0 Å². The van der Waals surface area contributed by atoms with E-state index in [-0.39, 0.29) is 5.82 Å². The van der Waals surface area contributed by atoms with Gasteiger partial charge in [0.05, 0.1) is 5.60 Å². The molecule has 1 aromatic carbocycles. The van der Waals surface area contributed by atoms with Gasteiger partial charge in [0.1, 0.15) is 5.82 Å². The van der Waals surface area contributed by atoms with Crippen LogP contribution < -0.4 is 0 Å². The second-order valence-corrected chi connectivity index (χ2v) is 4.50. The van der Waals surface area contributed by atoms with E-state index in [9.17, 15) is 9.50 Å². The second-order valence-electron chi connectivity index (χ2n) is 4.50. The summed E-state index contributed by atoms with van der Waals surface area (Å²) in [5.41, 5.74) is 0.592. The average molecular weight is 208 g/mol. The van der Waals surface area contributed by atoms with Crippen molar-refractivity contribution in [1.82, 2.24) is 0 Å². The van der Waals surface area contributed by atoms with Gasteiger partial charge < -0.3 is 5.11 Å². The topological polar surface area (TPSA) is 20.2 Å². The van der Waals surface area contributed by atoms with Crippen molar-refractivity contribution < 1.29 is 9.50 Å². The SMILES string of the molecule is Cc1c(F)cccc1C1(O)CCCCC1. The average Bonchev–Trinajstić information content (AvgIpc) is 2.23. The zero-order valence-corrected chi connectivity index (χ0v) is 9.09. The lowest BCUT2D eigenvalue weighted by molar-refractivity contribution is -0.00147. The minimum Gasteiger partial charge on any atom is -0.385 e. The Hall–Kier alpha value is -0.890. The second kappa shape index (κ2) is 3.93. The van der Waals surface area contributed by atoms with Crippen LogP contribution in [0.25, 0.3) is 0 Å². The van der Waals surface area contributed by atoms with Crippen LogP contribution in [0.15, 0.2) is 18.2 Å². The Kier molecular flexibility index (Phi) is 2.79. The maximum absolute atomic E-state index is 13.4. The van der Waals surface area contributed by atoms with Gasteiger partial charge in [-0.25, -0.2) is 4.39 Å². The van der Waals surface area contributed by atoms with Gasteiger partial charge in [-0.3, -0.25) is 0 Å². The first-order valence-corrected chi connectivity index (χ1v) is 5.61. The van der Waals surface area contributed by atoms with E-state index in [1.54, 1.807) is 13.0 Å². The quantitative estimate of drug-likeness (QED) is 0.750. The molecule has 1 aliphatic rings. The number of hydrogen-bond acceptors (Lipinski definition) is 1. The van der Waals surface area contributed by atoms with Gasteiger partial charge in [-0.1, -0.05) is 31.4 Å². The van der Waals surface area contributed by atoms with E-state index >= 15 is 0 Å². The highest BCUT2D eigenvalue weighted by atomic mass is 19.1. The third kappa shape index (κ3) is 1.91. The zero-order chi connectivity index (χ0) is 10.9. The van der Waals surface area contributed by atoms with Crippen LogP contribution in [0.3, 0.4) is 0 Å². The van der Waals surface area contributed by atoms with Crippen molar-refractivity contribution in [2.75, 3.05) is 0 Å². The molecule has 0 radical (unpaired) electrons. The fraction of sp³-hybridized carbons (Fsp3) is 0.538. The van der Waals surface area contributed by atoms with E-state index in [1.807, 2.05) is 6.07 Å². The van der Waals surface area contributed by atoms with E-state index in [2.05, 4.69) is 0 Å². The molecule has 0 atom stereocenters. The summed E-state index contributed by atoms with van der Waals surface area (Å²) in [5, 5.41) is 10.5. The highest BCUT2D eigenvalue weighted by Gasteiger charge is 2.32. The first-order chi connectivity index (χ1) is 7.13. The first kappa shape index (κ1) is 10.6. The predicted octanol–water partition coefficient (Wildman–Crippen LogP) is 3.29. The van der Waals surface area contributed by atoms with Crippen molar-refractivity contribution in [2.45, 2.75) is 44.6 Å². The van der Waals surface area contributed by atoms with Crippen LogP contribution in [0.2, 0.25) is 0 Å². The van der Waals surface area contributed by atoms with Crippen molar-refractivity contribution in [3.8, 4) is 0 Å². The summed E-state index contributed by atoms with van der Waals surface area (Å²) in [6.07, 6.45) is 4.77. The van der Waals surface area contributed by atoms with Crippen LogP contribution in [-0.2, 0) is 5.60 Å².